The lowest BCUT2D eigenvalue weighted by Crippen LogP contribution is -2.14. The Morgan fingerprint density at radius 3 is 2.88 bits per heavy atom. The summed E-state index contributed by atoms with van der Waals surface area (Å²) in [5.74, 6) is 0.0864. The predicted molar refractivity (Wildman–Crippen MR) is 92.5 cm³/mol. The largest absolute Gasteiger partial charge is 0.325 e. The number of rotatable bonds is 5. The topological polar surface area (TPSA) is 85.6 Å². The van der Waals surface area contributed by atoms with Crippen LogP contribution in [0.2, 0.25) is 0 Å². The SMILES string of the molecule is Cc1ccc(NC(=O)CSc2nnc(-c3cnccn3)n2C)cc1F. The number of amides is 1. The number of aryl methyl sites for hydroxylation is 1. The van der Waals surface area contributed by atoms with Gasteiger partial charge in [0, 0.05) is 25.1 Å². The molecular weight excluding hydrogens is 343 g/mol. The van der Waals surface area contributed by atoms with Crippen LogP contribution in [-0.2, 0) is 11.8 Å². The molecule has 0 spiro atoms. The summed E-state index contributed by atoms with van der Waals surface area (Å²) in [6.45, 7) is 1.67. The highest BCUT2D eigenvalue weighted by molar-refractivity contribution is 7.99. The van der Waals surface area contributed by atoms with Crippen molar-refractivity contribution in [2.45, 2.75) is 12.1 Å². The van der Waals surface area contributed by atoms with Crippen LogP contribution in [0, 0.1) is 12.7 Å². The summed E-state index contributed by atoms with van der Waals surface area (Å²) in [6.07, 6.45) is 4.75. The van der Waals surface area contributed by atoms with E-state index in [0.717, 1.165) is 0 Å². The quantitative estimate of drug-likeness (QED) is 0.705. The average Bonchev–Trinajstić information content (AvgIpc) is 2.98. The van der Waals surface area contributed by atoms with E-state index in [1.54, 1.807) is 49.3 Å². The Labute approximate surface area is 147 Å². The van der Waals surface area contributed by atoms with Gasteiger partial charge in [-0.25, -0.2) is 9.37 Å². The molecule has 2 heterocycles. The number of aromatic nitrogens is 5. The van der Waals surface area contributed by atoms with Crippen molar-refractivity contribution in [1.29, 1.82) is 0 Å². The lowest BCUT2D eigenvalue weighted by molar-refractivity contribution is -0.113. The molecule has 0 unspecified atom stereocenters. The Kier molecular flexibility index (Phi) is 5.03. The summed E-state index contributed by atoms with van der Waals surface area (Å²) in [7, 11) is 1.79. The molecule has 128 valence electrons. The summed E-state index contributed by atoms with van der Waals surface area (Å²) in [6, 6.07) is 4.58. The molecule has 0 aliphatic rings. The fourth-order valence-corrected chi connectivity index (χ4v) is 2.79. The normalized spacial score (nSPS) is 10.7. The first-order valence-corrected chi connectivity index (χ1v) is 8.37. The first kappa shape index (κ1) is 17.0. The summed E-state index contributed by atoms with van der Waals surface area (Å²) in [5, 5.41) is 11.4. The maximum atomic E-state index is 13.5. The summed E-state index contributed by atoms with van der Waals surface area (Å²) in [5.41, 5.74) is 1.55. The standard InChI is InChI=1S/C16H15FN6OS/c1-10-3-4-11(7-12(10)17)20-14(24)9-25-16-22-21-15(23(16)2)13-8-18-5-6-19-13/h3-8H,9H2,1-2H3,(H,20,24). The molecule has 1 N–H and O–H groups in total. The van der Waals surface area contributed by atoms with Crippen molar-refractivity contribution in [2.24, 2.45) is 7.05 Å². The number of nitrogens with zero attached hydrogens (tertiary/aromatic N) is 5. The van der Waals surface area contributed by atoms with Crippen LogP contribution in [0.25, 0.3) is 11.5 Å². The third-order valence-corrected chi connectivity index (χ3v) is 4.44. The van der Waals surface area contributed by atoms with Crippen molar-refractivity contribution in [3.8, 4) is 11.5 Å². The van der Waals surface area contributed by atoms with Crippen LogP contribution in [0.15, 0.2) is 41.9 Å². The first-order valence-electron chi connectivity index (χ1n) is 7.39. The second-order valence-corrected chi connectivity index (χ2v) is 6.20. The van der Waals surface area contributed by atoms with Gasteiger partial charge in [0.05, 0.1) is 11.9 Å². The molecule has 0 saturated heterocycles. The zero-order valence-electron chi connectivity index (χ0n) is 13.6. The van der Waals surface area contributed by atoms with Gasteiger partial charge in [-0.1, -0.05) is 17.8 Å². The van der Waals surface area contributed by atoms with E-state index in [9.17, 15) is 9.18 Å². The maximum Gasteiger partial charge on any atom is 0.234 e. The second kappa shape index (κ2) is 7.39. The number of anilines is 1. The molecule has 0 aliphatic carbocycles. The van der Waals surface area contributed by atoms with E-state index in [1.165, 1.54) is 17.8 Å². The third-order valence-electron chi connectivity index (χ3n) is 3.42. The Morgan fingerprint density at radius 2 is 2.16 bits per heavy atom. The third kappa shape index (κ3) is 4.00. The predicted octanol–water partition coefficient (Wildman–Crippen LogP) is 2.45. The molecule has 0 radical (unpaired) electrons. The number of benzene rings is 1. The van der Waals surface area contributed by atoms with Crippen LogP contribution in [0.4, 0.5) is 10.1 Å². The number of thioether (sulfide) groups is 1. The van der Waals surface area contributed by atoms with Crippen molar-refractivity contribution >= 4 is 23.4 Å². The molecule has 9 heteroatoms. The van der Waals surface area contributed by atoms with Gasteiger partial charge in [0.15, 0.2) is 11.0 Å². The highest BCUT2D eigenvalue weighted by atomic mass is 32.2. The molecule has 0 fully saturated rings. The molecule has 1 amide bonds. The Morgan fingerprint density at radius 1 is 1.32 bits per heavy atom. The molecule has 3 aromatic rings. The molecular formula is C16H15FN6OS. The van der Waals surface area contributed by atoms with Crippen LogP contribution < -0.4 is 5.32 Å². The Bertz CT molecular complexity index is 899. The van der Waals surface area contributed by atoms with Gasteiger partial charge in [-0.15, -0.1) is 10.2 Å². The molecule has 7 nitrogen and oxygen atoms in total. The van der Waals surface area contributed by atoms with Crippen molar-refractivity contribution < 1.29 is 9.18 Å². The van der Waals surface area contributed by atoms with Gasteiger partial charge in [0.25, 0.3) is 0 Å². The van der Waals surface area contributed by atoms with E-state index in [0.29, 0.717) is 27.9 Å². The molecule has 0 saturated carbocycles. The minimum absolute atomic E-state index is 0.127. The summed E-state index contributed by atoms with van der Waals surface area (Å²) < 4.78 is 15.3. The van der Waals surface area contributed by atoms with Gasteiger partial charge < -0.3 is 9.88 Å². The van der Waals surface area contributed by atoms with E-state index in [4.69, 9.17) is 0 Å². The number of carbonyl (C=O) groups excluding carboxylic acids is 1. The zero-order chi connectivity index (χ0) is 17.8. The fourth-order valence-electron chi connectivity index (χ4n) is 2.08. The number of nitrogens with one attached hydrogen (secondary N) is 1. The zero-order valence-corrected chi connectivity index (χ0v) is 14.4. The molecule has 2 aromatic heterocycles. The van der Waals surface area contributed by atoms with Crippen LogP contribution in [0.5, 0.6) is 0 Å². The Balaban J connectivity index is 1.63. The minimum Gasteiger partial charge on any atom is -0.325 e. The van der Waals surface area contributed by atoms with Crippen molar-refractivity contribution in [3.63, 3.8) is 0 Å². The van der Waals surface area contributed by atoms with Crippen molar-refractivity contribution in [1.82, 2.24) is 24.7 Å². The van der Waals surface area contributed by atoms with E-state index >= 15 is 0 Å². The van der Waals surface area contributed by atoms with Crippen molar-refractivity contribution in [3.05, 3.63) is 48.2 Å². The summed E-state index contributed by atoms with van der Waals surface area (Å²) >= 11 is 1.23. The lowest BCUT2D eigenvalue weighted by Gasteiger charge is -2.06. The van der Waals surface area contributed by atoms with E-state index in [1.807, 2.05) is 0 Å². The molecule has 0 bridgehead atoms. The van der Waals surface area contributed by atoms with Gasteiger partial charge in [-0.2, -0.15) is 0 Å². The maximum absolute atomic E-state index is 13.5. The van der Waals surface area contributed by atoms with Crippen LogP contribution in [-0.4, -0.2) is 36.4 Å². The Hall–Kier alpha value is -2.81. The minimum atomic E-state index is -0.354. The second-order valence-electron chi connectivity index (χ2n) is 5.26. The van der Waals surface area contributed by atoms with E-state index in [-0.39, 0.29) is 17.5 Å². The lowest BCUT2D eigenvalue weighted by atomic mass is 10.2. The van der Waals surface area contributed by atoms with Crippen LogP contribution >= 0.6 is 11.8 Å². The van der Waals surface area contributed by atoms with Crippen molar-refractivity contribution in [2.75, 3.05) is 11.1 Å². The fraction of sp³-hybridized carbons (Fsp3) is 0.188. The van der Waals surface area contributed by atoms with Crippen LogP contribution in [0.3, 0.4) is 0 Å². The summed E-state index contributed by atoms with van der Waals surface area (Å²) in [4.78, 5) is 20.2. The number of hydrogen-bond donors (Lipinski definition) is 1. The number of halogens is 1. The van der Waals surface area contributed by atoms with Crippen LogP contribution in [0.1, 0.15) is 5.56 Å². The van der Waals surface area contributed by atoms with Gasteiger partial charge >= 0.3 is 0 Å². The average molecular weight is 358 g/mol. The van der Waals surface area contributed by atoms with Gasteiger partial charge in [-0.05, 0) is 24.6 Å². The molecule has 3 rings (SSSR count). The van der Waals surface area contributed by atoms with Gasteiger partial charge in [0.1, 0.15) is 11.5 Å². The number of hydrogen-bond acceptors (Lipinski definition) is 6. The molecule has 0 atom stereocenters. The van der Waals surface area contributed by atoms with Gasteiger partial charge in [0.2, 0.25) is 5.91 Å². The smallest absolute Gasteiger partial charge is 0.234 e. The number of carbonyl (C=O) groups is 1. The highest BCUT2D eigenvalue weighted by Crippen LogP contribution is 2.21. The first-order chi connectivity index (χ1) is 12.0. The highest BCUT2D eigenvalue weighted by Gasteiger charge is 2.14. The molecule has 0 aliphatic heterocycles. The van der Waals surface area contributed by atoms with Gasteiger partial charge in [-0.3, -0.25) is 9.78 Å². The monoisotopic (exact) mass is 358 g/mol. The van der Waals surface area contributed by atoms with E-state index < -0.39 is 0 Å². The molecule has 1 aromatic carbocycles. The van der Waals surface area contributed by atoms with E-state index in [2.05, 4.69) is 25.5 Å². The molecule has 25 heavy (non-hydrogen) atoms.